The molecule has 6 rings (SSSR count). The van der Waals surface area contributed by atoms with E-state index in [4.69, 9.17) is 18.9 Å². The number of rotatable bonds is 4. The van der Waals surface area contributed by atoms with Crippen LogP contribution in [0.25, 0.3) is 0 Å². The Morgan fingerprint density at radius 3 is 1.54 bits per heavy atom. The minimum atomic E-state index is -0.393. The Labute approximate surface area is 235 Å². The molecule has 6 heterocycles. The number of hydrogen-bond donors (Lipinski definition) is 0. The molecule has 4 aliphatic rings. The lowest BCUT2D eigenvalue weighted by Gasteiger charge is -2.28. The number of ether oxygens (including phenoxy) is 4. The molecule has 0 bridgehead atoms. The first-order valence-corrected chi connectivity index (χ1v) is 14.9. The lowest BCUT2D eigenvalue weighted by atomic mass is 10.1. The van der Waals surface area contributed by atoms with Gasteiger partial charge in [-0.1, -0.05) is 0 Å². The summed E-state index contributed by atoms with van der Waals surface area (Å²) < 4.78 is 38.0. The van der Waals surface area contributed by atoms with E-state index in [1.54, 1.807) is 9.80 Å². The van der Waals surface area contributed by atoms with E-state index in [9.17, 15) is 9.59 Å². The Hall–Kier alpha value is -2.82. The molecule has 2 aromatic heterocycles. The summed E-state index contributed by atoms with van der Waals surface area (Å²) in [7, 11) is 0. The second-order valence-electron chi connectivity index (χ2n) is 9.46. The Morgan fingerprint density at radius 2 is 1.00 bits per heavy atom. The molecule has 0 aromatic carbocycles. The van der Waals surface area contributed by atoms with Crippen LogP contribution in [0.5, 0.6) is 11.8 Å². The highest BCUT2D eigenvalue weighted by Crippen LogP contribution is 2.29. The molecule has 2 aromatic rings. The maximum absolute atomic E-state index is 12.1. The molecule has 2 amide bonds. The summed E-state index contributed by atoms with van der Waals surface area (Å²) in [6.45, 7) is 8.45. The van der Waals surface area contributed by atoms with E-state index in [1.165, 1.54) is 6.42 Å². The molecule has 4 fully saturated rings. The average molecular weight is 583 g/mol. The molecule has 14 nitrogen and oxygen atoms in total. The number of hydrogen-bond acceptors (Lipinski definition) is 14. The fourth-order valence-electron chi connectivity index (χ4n) is 4.69. The third kappa shape index (κ3) is 7.43. The van der Waals surface area contributed by atoms with Crippen LogP contribution in [0.2, 0.25) is 0 Å². The van der Waals surface area contributed by atoms with Gasteiger partial charge in [0.2, 0.25) is 11.6 Å². The molecule has 214 valence electrons. The number of piperidine rings is 1. The molecular formula is C23H34N8O6S2. The third-order valence-corrected chi connectivity index (χ3v) is 7.86. The number of nitrogens with zero attached hydrogens (tertiary/aromatic N) is 8. The maximum Gasteiger partial charge on any atom is 0.416 e. The highest BCUT2D eigenvalue weighted by atomic mass is 32.1. The highest BCUT2D eigenvalue weighted by molar-refractivity contribution is 6.99. The van der Waals surface area contributed by atoms with Gasteiger partial charge in [-0.15, -0.1) is 8.75 Å². The number of aromatic nitrogens is 4. The fraction of sp³-hybridized carbons (Fsp3) is 0.739. The number of amides is 2. The molecule has 0 aliphatic carbocycles. The van der Waals surface area contributed by atoms with Gasteiger partial charge >= 0.3 is 12.2 Å². The second-order valence-corrected chi connectivity index (χ2v) is 10.5. The third-order valence-electron chi connectivity index (χ3n) is 6.85. The van der Waals surface area contributed by atoms with Crippen LogP contribution in [0.3, 0.4) is 0 Å². The summed E-state index contributed by atoms with van der Waals surface area (Å²) in [4.78, 5) is 31.6. The summed E-state index contributed by atoms with van der Waals surface area (Å²) in [5, 5.41) is 0. The molecule has 0 spiro atoms. The van der Waals surface area contributed by atoms with Crippen molar-refractivity contribution in [2.45, 2.75) is 32.1 Å². The largest absolute Gasteiger partial charge is 0.416 e. The Balaban J connectivity index is 0.000000158. The van der Waals surface area contributed by atoms with Gasteiger partial charge in [0.05, 0.1) is 49.9 Å². The quantitative estimate of drug-likeness (QED) is 0.523. The van der Waals surface area contributed by atoms with Gasteiger partial charge in [0.1, 0.15) is 0 Å². The van der Waals surface area contributed by atoms with E-state index in [0.717, 1.165) is 94.2 Å². The lowest BCUT2D eigenvalue weighted by molar-refractivity contribution is 0.0412. The van der Waals surface area contributed by atoms with Crippen molar-refractivity contribution >= 4 is 47.3 Å². The first kappa shape index (κ1) is 27.7. The smallest absolute Gasteiger partial charge is 0.386 e. The normalized spacial score (nSPS) is 19.9. The zero-order chi connectivity index (χ0) is 26.9. The molecule has 0 N–H and O–H groups in total. The van der Waals surface area contributed by atoms with Crippen LogP contribution in [-0.4, -0.2) is 118 Å². The summed E-state index contributed by atoms with van der Waals surface area (Å²) in [6, 6.07) is 0. The van der Waals surface area contributed by atoms with Gasteiger partial charge < -0.3 is 38.5 Å². The van der Waals surface area contributed by atoms with Crippen LogP contribution in [0.4, 0.5) is 21.2 Å². The van der Waals surface area contributed by atoms with Crippen molar-refractivity contribution in [3.63, 3.8) is 0 Å². The van der Waals surface area contributed by atoms with E-state index < -0.39 is 6.09 Å². The van der Waals surface area contributed by atoms with Gasteiger partial charge in [-0.2, -0.15) is 8.75 Å². The van der Waals surface area contributed by atoms with Crippen LogP contribution in [0, 0.1) is 0 Å². The number of carbonyl (C=O) groups is 2. The second kappa shape index (κ2) is 14.0. The summed E-state index contributed by atoms with van der Waals surface area (Å²) >= 11 is 2.15. The van der Waals surface area contributed by atoms with Crippen molar-refractivity contribution in [1.82, 2.24) is 27.3 Å². The minimum Gasteiger partial charge on any atom is -0.386 e. The number of likely N-dealkylation sites (tertiary alicyclic amines) is 1. The first-order valence-electron chi connectivity index (χ1n) is 13.4. The van der Waals surface area contributed by atoms with Crippen LogP contribution < -0.4 is 19.3 Å². The van der Waals surface area contributed by atoms with Crippen molar-refractivity contribution in [2.24, 2.45) is 0 Å². The zero-order valence-electron chi connectivity index (χ0n) is 21.9. The van der Waals surface area contributed by atoms with E-state index in [-0.39, 0.29) is 12.0 Å². The van der Waals surface area contributed by atoms with E-state index in [0.29, 0.717) is 51.2 Å². The van der Waals surface area contributed by atoms with Gasteiger partial charge in [0, 0.05) is 52.4 Å². The highest BCUT2D eigenvalue weighted by Gasteiger charge is 2.26. The lowest BCUT2D eigenvalue weighted by Crippen LogP contribution is -2.42. The molecule has 39 heavy (non-hydrogen) atoms. The maximum atomic E-state index is 12.1. The van der Waals surface area contributed by atoms with Crippen molar-refractivity contribution in [1.29, 1.82) is 0 Å². The number of anilines is 2. The molecule has 0 radical (unpaired) electrons. The Kier molecular flexibility index (Phi) is 9.96. The SMILES string of the molecule is O=C(Oc1nsnc1N1CCCC1)N1CCCCC1.O=C(Oc1nsnc1N1CCOCC1)N1CCOCC1. The molecular weight excluding hydrogens is 548 g/mol. The van der Waals surface area contributed by atoms with Crippen molar-refractivity contribution in [3.05, 3.63) is 0 Å². The van der Waals surface area contributed by atoms with Gasteiger partial charge in [0.15, 0.2) is 0 Å². The van der Waals surface area contributed by atoms with Crippen LogP contribution in [0.1, 0.15) is 32.1 Å². The first-order chi connectivity index (χ1) is 19.2. The molecule has 0 saturated carbocycles. The summed E-state index contributed by atoms with van der Waals surface area (Å²) in [5.41, 5.74) is 0. The van der Waals surface area contributed by atoms with Gasteiger partial charge in [-0.25, -0.2) is 9.59 Å². The minimum absolute atomic E-state index is 0.284. The molecule has 16 heteroatoms. The molecule has 0 atom stereocenters. The van der Waals surface area contributed by atoms with Crippen LogP contribution in [0.15, 0.2) is 0 Å². The van der Waals surface area contributed by atoms with Crippen molar-refractivity contribution < 1.29 is 28.5 Å². The fourth-order valence-corrected chi connectivity index (χ4v) is 5.70. The molecule has 0 unspecified atom stereocenters. The van der Waals surface area contributed by atoms with E-state index in [2.05, 4.69) is 22.4 Å². The molecule has 4 saturated heterocycles. The molecule has 4 aliphatic heterocycles. The topological polar surface area (TPSA) is 136 Å². The Morgan fingerprint density at radius 1 is 0.564 bits per heavy atom. The average Bonchev–Trinajstić information content (AvgIpc) is 3.77. The van der Waals surface area contributed by atoms with Gasteiger partial charge in [0.25, 0.3) is 11.8 Å². The van der Waals surface area contributed by atoms with Crippen molar-refractivity contribution in [2.75, 3.05) is 88.6 Å². The van der Waals surface area contributed by atoms with E-state index >= 15 is 0 Å². The summed E-state index contributed by atoms with van der Waals surface area (Å²) in [5.74, 6) is 2.02. The van der Waals surface area contributed by atoms with Crippen LogP contribution >= 0.6 is 23.5 Å². The standard InChI is InChI=1S/C12H18N4O2S.C11H16N4O4S/c17-12(16-8-2-1-3-9-16)18-11-10(13-19-14-11)15-6-4-5-7-15;16-11(15-3-7-18-8-4-15)19-10-9(12-20-13-10)14-1-5-17-6-2-14/h1-9H2;1-8H2. The predicted molar refractivity (Wildman–Crippen MR) is 144 cm³/mol. The number of morpholine rings is 2. The zero-order valence-corrected chi connectivity index (χ0v) is 23.5. The number of carbonyl (C=O) groups excluding carboxylic acids is 2. The van der Waals surface area contributed by atoms with Crippen LogP contribution in [-0.2, 0) is 9.47 Å². The summed E-state index contributed by atoms with van der Waals surface area (Å²) in [6.07, 6.45) is 4.96. The van der Waals surface area contributed by atoms with Gasteiger partial charge in [-0.05, 0) is 32.1 Å². The van der Waals surface area contributed by atoms with Crippen molar-refractivity contribution in [3.8, 4) is 11.8 Å². The Bertz CT molecular complexity index is 1060. The van der Waals surface area contributed by atoms with E-state index in [1.807, 2.05) is 4.90 Å². The van der Waals surface area contributed by atoms with Gasteiger partial charge in [-0.3, -0.25) is 0 Å². The predicted octanol–water partition coefficient (Wildman–Crippen LogP) is 2.33. The monoisotopic (exact) mass is 582 g/mol.